The second-order valence-corrected chi connectivity index (χ2v) is 5.75. The van der Waals surface area contributed by atoms with E-state index < -0.39 is 10.0 Å². The lowest BCUT2D eigenvalue weighted by molar-refractivity contribution is 0.455. The van der Waals surface area contributed by atoms with E-state index in [4.69, 9.17) is 0 Å². The fraction of sp³-hybridized carbons (Fsp3) is 0.444. The maximum absolute atomic E-state index is 12.2. The van der Waals surface area contributed by atoms with Crippen molar-refractivity contribution in [2.24, 2.45) is 0 Å². The van der Waals surface area contributed by atoms with Gasteiger partial charge in [0.15, 0.2) is 5.03 Å². The topological polar surface area (TPSA) is 108 Å². The molecule has 0 radical (unpaired) electrons. The van der Waals surface area contributed by atoms with Crippen LogP contribution in [0.25, 0.3) is 0 Å². The fourth-order valence-corrected chi connectivity index (χ4v) is 2.49. The molecule has 0 atom stereocenters. The molecule has 0 fully saturated rings. The average Bonchev–Trinajstić information content (AvgIpc) is 2.99. The van der Waals surface area contributed by atoms with Crippen LogP contribution in [-0.2, 0) is 23.0 Å². The largest absolute Gasteiger partial charge is 0.332 e. The molecule has 2 N–H and O–H groups in total. The first-order chi connectivity index (χ1) is 8.54. The van der Waals surface area contributed by atoms with Crippen LogP contribution in [0.15, 0.2) is 17.6 Å². The SMILES string of the molecule is CCc1ncc(S(=O)(=O)N(C)Cc2ncn[nH]2)[nH]1. The molecule has 2 heterocycles. The number of aryl methyl sites for hydroxylation is 1. The molecule has 0 saturated heterocycles. The van der Waals surface area contributed by atoms with Gasteiger partial charge in [-0.2, -0.15) is 9.40 Å². The minimum atomic E-state index is -3.58. The predicted molar refractivity (Wildman–Crippen MR) is 63.0 cm³/mol. The Morgan fingerprint density at radius 3 is 2.67 bits per heavy atom. The summed E-state index contributed by atoms with van der Waals surface area (Å²) in [4.78, 5) is 10.6. The molecule has 0 aliphatic carbocycles. The van der Waals surface area contributed by atoms with E-state index in [1.54, 1.807) is 0 Å². The van der Waals surface area contributed by atoms with E-state index in [9.17, 15) is 8.42 Å². The predicted octanol–water partition coefficient (Wildman–Crippen LogP) is -0.0891. The monoisotopic (exact) mass is 270 g/mol. The Kier molecular flexibility index (Phi) is 3.43. The van der Waals surface area contributed by atoms with E-state index in [1.165, 1.54) is 23.9 Å². The number of hydrogen-bond donors (Lipinski definition) is 2. The highest BCUT2D eigenvalue weighted by Crippen LogP contribution is 2.13. The molecule has 0 bridgehead atoms. The van der Waals surface area contributed by atoms with Crippen LogP contribution in [0.1, 0.15) is 18.6 Å². The highest BCUT2D eigenvalue weighted by atomic mass is 32.2. The first-order valence-electron chi connectivity index (χ1n) is 5.38. The van der Waals surface area contributed by atoms with Crippen LogP contribution < -0.4 is 0 Å². The Labute approximate surface area is 105 Å². The molecule has 0 amide bonds. The third-order valence-electron chi connectivity index (χ3n) is 2.47. The summed E-state index contributed by atoms with van der Waals surface area (Å²) in [5.74, 6) is 1.12. The maximum Gasteiger partial charge on any atom is 0.260 e. The molecule has 0 spiro atoms. The molecule has 0 aliphatic rings. The average molecular weight is 270 g/mol. The van der Waals surface area contributed by atoms with Gasteiger partial charge in [-0.1, -0.05) is 6.92 Å². The maximum atomic E-state index is 12.2. The van der Waals surface area contributed by atoms with Gasteiger partial charge in [0.25, 0.3) is 10.0 Å². The number of aromatic amines is 2. The Morgan fingerprint density at radius 2 is 2.11 bits per heavy atom. The first kappa shape index (κ1) is 12.7. The second kappa shape index (κ2) is 4.86. The molecule has 0 aliphatic heterocycles. The van der Waals surface area contributed by atoms with Crippen LogP contribution in [0, 0.1) is 0 Å². The lowest BCUT2D eigenvalue weighted by Crippen LogP contribution is -2.27. The molecular weight excluding hydrogens is 256 g/mol. The van der Waals surface area contributed by atoms with Crippen LogP contribution in [0.4, 0.5) is 0 Å². The Bertz CT molecular complexity index is 603. The molecule has 0 unspecified atom stereocenters. The van der Waals surface area contributed by atoms with Crippen molar-refractivity contribution in [1.29, 1.82) is 0 Å². The van der Waals surface area contributed by atoms with E-state index in [-0.39, 0.29) is 11.6 Å². The standard InChI is InChI=1S/C9H14N6O2S/c1-3-7-10-4-9(13-7)18(16,17)15(2)5-8-11-6-12-14-8/h4,6H,3,5H2,1-2H3,(H,10,13)(H,11,12,14). The van der Waals surface area contributed by atoms with Crippen LogP contribution >= 0.6 is 0 Å². The summed E-state index contributed by atoms with van der Waals surface area (Å²) < 4.78 is 25.5. The number of aromatic nitrogens is 5. The first-order valence-corrected chi connectivity index (χ1v) is 6.82. The van der Waals surface area contributed by atoms with Crippen LogP contribution in [0.2, 0.25) is 0 Å². The van der Waals surface area contributed by atoms with E-state index in [0.29, 0.717) is 18.1 Å². The van der Waals surface area contributed by atoms with E-state index >= 15 is 0 Å². The summed E-state index contributed by atoms with van der Waals surface area (Å²) in [5, 5.41) is 6.37. The number of nitrogens with one attached hydrogen (secondary N) is 2. The van der Waals surface area contributed by atoms with Gasteiger partial charge in [0, 0.05) is 13.5 Å². The summed E-state index contributed by atoms with van der Waals surface area (Å²) in [6.45, 7) is 2.02. The van der Waals surface area contributed by atoms with Crippen molar-refractivity contribution in [3.63, 3.8) is 0 Å². The molecule has 2 aromatic rings. The highest BCUT2D eigenvalue weighted by Gasteiger charge is 2.23. The van der Waals surface area contributed by atoms with Gasteiger partial charge in [-0.25, -0.2) is 18.4 Å². The van der Waals surface area contributed by atoms with E-state index in [1.807, 2.05) is 6.92 Å². The molecule has 0 aromatic carbocycles. The van der Waals surface area contributed by atoms with Gasteiger partial charge in [-0.3, -0.25) is 5.10 Å². The summed E-state index contributed by atoms with van der Waals surface area (Å²) in [5.41, 5.74) is 0. The van der Waals surface area contributed by atoms with Gasteiger partial charge in [0.1, 0.15) is 18.0 Å². The Hall–Kier alpha value is -1.74. The van der Waals surface area contributed by atoms with E-state index in [2.05, 4.69) is 25.1 Å². The lowest BCUT2D eigenvalue weighted by Gasteiger charge is -2.13. The molecule has 18 heavy (non-hydrogen) atoms. The third-order valence-corrected chi connectivity index (χ3v) is 4.18. The number of H-pyrrole nitrogens is 2. The van der Waals surface area contributed by atoms with Gasteiger partial charge in [-0.05, 0) is 0 Å². The Morgan fingerprint density at radius 1 is 1.33 bits per heavy atom. The molecule has 8 nitrogen and oxygen atoms in total. The summed E-state index contributed by atoms with van der Waals surface area (Å²) >= 11 is 0. The third kappa shape index (κ3) is 2.41. The van der Waals surface area contributed by atoms with Crippen molar-refractivity contribution < 1.29 is 8.42 Å². The van der Waals surface area contributed by atoms with Gasteiger partial charge in [0.05, 0.1) is 12.7 Å². The molecular formula is C9H14N6O2S. The lowest BCUT2D eigenvalue weighted by atomic mass is 10.5. The van der Waals surface area contributed by atoms with Crippen molar-refractivity contribution in [2.45, 2.75) is 24.9 Å². The summed E-state index contributed by atoms with van der Waals surface area (Å²) in [6.07, 6.45) is 3.31. The molecule has 2 rings (SSSR count). The van der Waals surface area contributed by atoms with Crippen molar-refractivity contribution in [3.05, 3.63) is 24.2 Å². The van der Waals surface area contributed by atoms with Gasteiger partial charge < -0.3 is 4.98 Å². The Balaban J connectivity index is 2.19. The fourth-order valence-electron chi connectivity index (χ4n) is 1.42. The summed E-state index contributed by atoms with van der Waals surface area (Å²) in [6, 6.07) is 0. The van der Waals surface area contributed by atoms with Crippen molar-refractivity contribution >= 4 is 10.0 Å². The van der Waals surface area contributed by atoms with Crippen LogP contribution in [0.5, 0.6) is 0 Å². The highest BCUT2D eigenvalue weighted by molar-refractivity contribution is 7.89. The second-order valence-electron chi connectivity index (χ2n) is 3.74. The van der Waals surface area contributed by atoms with Crippen LogP contribution in [0.3, 0.4) is 0 Å². The number of hydrogen-bond acceptors (Lipinski definition) is 5. The molecule has 2 aromatic heterocycles. The number of sulfonamides is 1. The molecule has 9 heteroatoms. The number of imidazole rings is 1. The zero-order valence-electron chi connectivity index (χ0n) is 10.1. The number of nitrogens with zero attached hydrogens (tertiary/aromatic N) is 4. The van der Waals surface area contributed by atoms with Gasteiger partial charge in [0.2, 0.25) is 0 Å². The normalized spacial score (nSPS) is 12.2. The number of rotatable bonds is 5. The van der Waals surface area contributed by atoms with Crippen molar-refractivity contribution in [1.82, 2.24) is 29.5 Å². The quantitative estimate of drug-likeness (QED) is 0.789. The van der Waals surface area contributed by atoms with Gasteiger partial charge >= 0.3 is 0 Å². The van der Waals surface area contributed by atoms with E-state index in [0.717, 1.165) is 0 Å². The molecule has 98 valence electrons. The van der Waals surface area contributed by atoms with Crippen LogP contribution in [-0.4, -0.2) is 44.9 Å². The zero-order chi connectivity index (χ0) is 13.2. The van der Waals surface area contributed by atoms with Crippen molar-refractivity contribution in [2.75, 3.05) is 7.05 Å². The van der Waals surface area contributed by atoms with Gasteiger partial charge in [-0.15, -0.1) is 0 Å². The smallest absolute Gasteiger partial charge is 0.260 e. The van der Waals surface area contributed by atoms with Crippen molar-refractivity contribution in [3.8, 4) is 0 Å². The molecule has 0 saturated carbocycles. The summed E-state index contributed by atoms with van der Waals surface area (Å²) in [7, 11) is -2.10. The zero-order valence-corrected chi connectivity index (χ0v) is 10.9. The minimum absolute atomic E-state index is 0.0846. The minimum Gasteiger partial charge on any atom is -0.332 e.